The highest BCUT2D eigenvalue weighted by atomic mass is 35.5. The fraction of sp³-hybridized carbons (Fsp3) is 1.00. The zero-order valence-electron chi connectivity index (χ0n) is 17.2. The average Bonchev–Trinajstić information content (AvgIpc) is 2.63. The summed E-state index contributed by atoms with van der Waals surface area (Å²) in [7, 11) is 0. The first kappa shape index (κ1) is 25.2. The van der Waals surface area contributed by atoms with Gasteiger partial charge >= 0.3 is 0 Å². The van der Waals surface area contributed by atoms with Crippen molar-refractivity contribution < 1.29 is 0 Å². The Morgan fingerprint density at radius 1 is 0.320 bits per heavy atom. The SMILES string of the molecule is NCCCCCCCCCCCCCCCCCCCCCCCCl. The van der Waals surface area contributed by atoms with E-state index in [1.807, 2.05) is 0 Å². The van der Waals surface area contributed by atoms with E-state index in [9.17, 15) is 0 Å². The Bertz CT molecular complexity index is 198. The molecular weight excluding hydrogens is 326 g/mol. The lowest BCUT2D eigenvalue weighted by Crippen LogP contribution is -1.97. The Morgan fingerprint density at radius 2 is 0.520 bits per heavy atom. The summed E-state index contributed by atoms with van der Waals surface area (Å²) in [5.74, 6) is 0.843. The molecule has 0 spiro atoms. The molecule has 152 valence electrons. The quantitative estimate of drug-likeness (QED) is 0.149. The largest absolute Gasteiger partial charge is 0.330 e. The Morgan fingerprint density at radius 3 is 0.720 bits per heavy atom. The van der Waals surface area contributed by atoms with Crippen LogP contribution >= 0.6 is 11.6 Å². The van der Waals surface area contributed by atoms with E-state index in [4.69, 9.17) is 17.3 Å². The van der Waals surface area contributed by atoms with Gasteiger partial charge in [0.25, 0.3) is 0 Å². The Hall–Kier alpha value is 0.250. The highest BCUT2D eigenvalue weighted by molar-refractivity contribution is 6.17. The van der Waals surface area contributed by atoms with E-state index in [-0.39, 0.29) is 0 Å². The fourth-order valence-corrected chi connectivity index (χ4v) is 3.79. The third-order valence-electron chi connectivity index (χ3n) is 5.34. The number of unbranched alkanes of at least 4 members (excludes halogenated alkanes) is 20. The van der Waals surface area contributed by atoms with Gasteiger partial charge in [-0.3, -0.25) is 0 Å². The lowest BCUT2D eigenvalue weighted by molar-refractivity contribution is 0.521. The summed E-state index contributed by atoms with van der Waals surface area (Å²) in [6.45, 7) is 0.870. The van der Waals surface area contributed by atoms with E-state index in [0.29, 0.717) is 0 Å². The van der Waals surface area contributed by atoms with Crippen LogP contribution in [0.4, 0.5) is 0 Å². The zero-order chi connectivity index (χ0) is 18.3. The van der Waals surface area contributed by atoms with Crippen LogP contribution in [0.1, 0.15) is 135 Å². The maximum absolute atomic E-state index is 5.69. The Labute approximate surface area is 164 Å². The second kappa shape index (κ2) is 24.2. The number of rotatable bonds is 22. The molecule has 25 heavy (non-hydrogen) atoms. The molecule has 0 aromatic heterocycles. The highest BCUT2D eigenvalue weighted by Gasteiger charge is 1.95. The van der Waals surface area contributed by atoms with Crippen molar-refractivity contribution in [3.05, 3.63) is 0 Å². The molecule has 0 heterocycles. The molecule has 0 atom stereocenters. The van der Waals surface area contributed by atoms with Crippen LogP contribution in [0, 0.1) is 0 Å². The maximum Gasteiger partial charge on any atom is 0.0223 e. The van der Waals surface area contributed by atoms with Gasteiger partial charge in [-0.15, -0.1) is 11.6 Å². The van der Waals surface area contributed by atoms with Crippen molar-refractivity contribution in [3.8, 4) is 0 Å². The molecule has 2 heteroatoms. The van der Waals surface area contributed by atoms with Gasteiger partial charge in [0.2, 0.25) is 0 Å². The van der Waals surface area contributed by atoms with Gasteiger partial charge in [0.15, 0.2) is 0 Å². The average molecular weight is 374 g/mol. The molecular formula is C23H48ClN. The minimum Gasteiger partial charge on any atom is -0.330 e. The van der Waals surface area contributed by atoms with Crippen LogP contribution < -0.4 is 5.73 Å². The molecule has 0 fully saturated rings. The molecule has 0 rings (SSSR count). The van der Waals surface area contributed by atoms with Crippen molar-refractivity contribution >= 4 is 11.6 Å². The molecule has 0 aromatic carbocycles. The van der Waals surface area contributed by atoms with Crippen LogP contribution in [0.15, 0.2) is 0 Å². The van der Waals surface area contributed by atoms with Gasteiger partial charge < -0.3 is 5.73 Å². The van der Waals surface area contributed by atoms with E-state index >= 15 is 0 Å². The van der Waals surface area contributed by atoms with Crippen molar-refractivity contribution in [1.29, 1.82) is 0 Å². The zero-order valence-corrected chi connectivity index (χ0v) is 18.0. The molecule has 1 nitrogen and oxygen atoms in total. The maximum atomic E-state index is 5.69. The van der Waals surface area contributed by atoms with Crippen LogP contribution in [-0.2, 0) is 0 Å². The molecule has 0 radical (unpaired) electrons. The summed E-state index contributed by atoms with van der Waals surface area (Å²) in [6.07, 6.45) is 29.7. The molecule has 0 bridgehead atoms. The van der Waals surface area contributed by atoms with Gasteiger partial charge in [0.1, 0.15) is 0 Å². The summed E-state index contributed by atoms with van der Waals surface area (Å²) in [4.78, 5) is 0. The third-order valence-corrected chi connectivity index (χ3v) is 5.61. The standard InChI is InChI=1S/C23H48ClN/c24-22-20-18-16-14-12-10-8-6-4-2-1-3-5-7-9-11-13-15-17-19-21-23-25/h1-23,25H2. The lowest BCUT2D eigenvalue weighted by Gasteiger charge is -2.04. The van der Waals surface area contributed by atoms with Crippen molar-refractivity contribution in [2.45, 2.75) is 135 Å². The lowest BCUT2D eigenvalue weighted by atomic mass is 10.0. The van der Waals surface area contributed by atoms with Gasteiger partial charge in [0.05, 0.1) is 0 Å². The van der Waals surface area contributed by atoms with E-state index in [2.05, 4.69) is 0 Å². The summed E-state index contributed by atoms with van der Waals surface area (Å²) in [6, 6.07) is 0. The summed E-state index contributed by atoms with van der Waals surface area (Å²) < 4.78 is 0. The van der Waals surface area contributed by atoms with Crippen LogP contribution in [-0.4, -0.2) is 12.4 Å². The number of halogens is 1. The molecule has 0 saturated carbocycles. The van der Waals surface area contributed by atoms with Crippen LogP contribution in [0.5, 0.6) is 0 Å². The number of hydrogen-bond acceptors (Lipinski definition) is 1. The molecule has 0 aliphatic heterocycles. The first-order valence-electron chi connectivity index (χ1n) is 11.7. The second-order valence-corrected chi connectivity index (χ2v) is 8.28. The molecule has 0 aromatic rings. The predicted molar refractivity (Wildman–Crippen MR) is 117 cm³/mol. The molecule has 0 aliphatic rings. The van der Waals surface area contributed by atoms with Gasteiger partial charge in [-0.2, -0.15) is 0 Å². The first-order chi connectivity index (χ1) is 12.4. The summed E-state index contributed by atoms with van der Waals surface area (Å²) in [5, 5.41) is 0. The van der Waals surface area contributed by atoms with E-state index in [0.717, 1.165) is 12.4 Å². The molecule has 2 N–H and O–H groups in total. The highest BCUT2D eigenvalue weighted by Crippen LogP contribution is 2.15. The smallest absolute Gasteiger partial charge is 0.0223 e. The van der Waals surface area contributed by atoms with Crippen LogP contribution in [0.25, 0.3) is 0 Å². The minimum atomic E-state index is 0.843. The Balaban J connectivity index is 2.94. The van der Waals surface area contributed by atoms with Gasteiger partial charge in [-0.25, -0.2) is 0 Å². The van der Waals surface area contributed by atoms with Crippen molar-refractivity contribution in [3.63, 3.8) is 0 Å². The Kier molecular flexibility index (Phi) is 24.5. The van der Waals surface area contributed by atoms with Crippen molar-refractivity contribution in [2.24, 2.45) is 5.73 Å². The number of hydrogen-bond donors (Lipinski definition) is 1. The predicted octanol–water partition coefficient (Wildman–Crippen LogP) is 8.38. The topological polar surface area (TPSA) is 26.0 Å². The number of alkyl halides is 1. The van der Waals surface area contributed by atoms with Crippen LogP contribution in [0.2, 0.25) is 0 Å². The van der Waals surface area contributed by atoms with E-state index in [1.165, 1.54) is 135 Å². The summed E-state index contributed by atoms with van der Waals surface area (Å²) >= 11 is 5.69. The van der Waals surface area contributed by atoms with Crippen LogP contribution in [0.3, 0.4) is 0 Å². The van der Waals surface area contributed by atoms with Gasteiger partial charge in [-0.1, -0.05) is 122 Å². The monoisotopic (exact) mass is 373 g/mol. The van der Waals surface area contributed by atoms with Gasteiger partial charge in [0, 0.05) is 5.88 Å². The third kappa shape index (κ3) is 24.2. The van der Waals surface area contributed by atoms with Crippen molar-refractivity contribution in [1.82, 2.24) is 0 Å². The van der Waals surface area contributed by atoms with Crippen molar-refractivity contribution in [2.75, 3.05) is 12.4 Å². The summed E-state index contributed by atoms with van der Waals surface area (Å²) in [5.41, 5.74) is 5.51. The second-order valence-electron chi connectivity index (χ2n) is 7.90. The molecule has 0 saturated heterocycles. The molecule has 0 amide bonds. The normalized spacial score (nSPS) is 11.3. The minimum absolute atomic E-state index is 0.843. The molecule has 0 unspecified atom stereocenters. The molecule has 0 aliphatic carbocycles. The van der Waals surface area contributed by atoms with Gasteiger partial charge in [-0.05, 0) is 19.4 Å². The van der Waals surface area contributed by atoms with E-state index < -0.39 is 0 Å². The van der Waals surface area contributed by atoms with E-state index in [1.54, 1.807) is 0 Å². The fourth-order valence-electron chi connectivity index (χ4n) is 3.60. The first-order valence-corrected chi connectivity index (χ1v) is 12.2. The number of nitrogens with two attached hydrogens (primary N) is 1.